The molecule has 2 aromatic carbocycles. The van der Waals surface area contributed by atoms with Gasteiger partial charge in [-0.3, -0.25) is 4.79 Å². The summed E-state index contributed by atoms with van der Waals surface area (Å²) in [5, 5.41) is 0. The lowest BCUT2D eigenvalue weighted by Gasteiger charge is -2.10. The van der Waals surface area contributed by atoms with E-state index < -0.39 is 5.91 Å². The number of nitrogen functional groups attached to an aromatic ring is 1. The van der Waals surface area contributed by atoms with Crippen molar-refractivity contribution in [3.05, 3.63) is 54.1 Å². The van der Waals surface area contributed by atoms with E-state index in [0.29, 0.717) is 36.0 Å². The maximum absolute atomic E-state index is 10.9. The van der Waals surface area contributed by atoms with Gasteiger partial charge in [0, 0.05) is 5.56 Å². The average Bonchev–Trinajstić information content (AvgIpc) is 2.46. The van der Waals surface area contributed by atoms with Crippen molar-refractivity contribution in [3.63, 3.8) is 0 Å². The number of hydrogen-bond donors (Lipinski definition) is 2. The van der Waals surface area contributed by atoms with Crippen LogP contribution < -0.4 is 20.9 Å². The van der Waals surface area contributed by atoms with Crippen LogP contribution in [0.15, 0.2) is 48.5 Å². The Morgan fingerprint density at radius 1 is 0.950 bits per heavy atom. The molecule has 0 spiro atoms. The number of amides is 1. The van der Waals surface area contributed by atoms with Gasteiger partial charge in [0.25, 0.3) is 0 Å². The molecule has 20 heavy (non-hydrogen) atoms. The summed E-state index contributed by atoms with van der Waals surface area (Å²) >= 11 is 0. The first-order valence-electron chi connectivity index (χ1n) is 6.17. The van der Waals surface area contributed by atoms with Gasteiger partial charge in [-0.2, -0.15) is 0 Å². The van der Waals surface area contributed by atoms with Crippen LogP contribution in [0, 0.1) is 0 Å². The summed E-state index contributed by atoms with van der Waals surface area (Å²) in [4.78, 5) is 10.9. The number of carbonyl (C=O) groups excluding carboxylic acids is 1. The Kier molecular flexibility index (Phi) is 4.44. The number of para-hydroxylation sites is 2. The van der Waals surface area contributed by atoms with Gasteiger partial charge in [0.05, 0.1) is 5.69 Å². The molecule has 2 aromatic rings. The van der Waals surface area contributed by atoms with E-state index in [1.165, 1.54) is 0 Å². The minimum atomic E-state index is -0.459. The van der Waals surface area contributed by atoms with Gasteiger partial charge in [-0.1, -0.05) is 12.1 Å². The molecule has 0 aliphatic heterocycles. The first kappa shape index (κ1) is 13.7. The zero-order chi connectivity index (χ0) is 14.4. The highest BCUT2D eigenvalue weighted by Crippen LogP contribution is 2.19. The SMILES string of the molecule is NC(=O)c1ccc(OCCOc2ccccc2N)cc1. The van der Waals surface area contributed by atoms with E-state index in [1.807, 2.05) is 12.1 Å². The summed E-state index contributed by atoms with van der Waals surface area (Å²) in [5.41, 5.74) is 11.9. The van der Waals surface area contributed by atoms with Crippen LogP contribution in [0.25, 0.3) is 0 Å². The first-order chi connectivity index (χ1) is 9.66. The van der Waals surface area contributed by atoms with Crippen LogP contribution in [-0.2, 0) is 0 Å². The molecule has 0 fully saturated rings. The Morgan fingerprint density at radius 3 is 2.25 bits per heavy atom. The highest BCUT2D eigenvalue weighted by Gasteiger charge is 2.01. The molecule has 0 saturated carbocycles. The molecule has 5 nitrogen and oxygen atoms in total. The van der Waals surface area contributed by atoms with Gasteiger partial charge in [-0.05, 0) is 36.4 Å². The second kappa shape index (κ2) is 6.47. The molecule has 0 aromatic heterocycles. The molecule has 5 heteroatoms. The van der Waals surface area contributed by atoms with Crippen LogP contribution in [-0.4, -0.2) is 19.1 Å². The lowest BCUT2D eigenvalue weighted by molar-refractivity contribution is 0.1000. The molecule has 4 N–H and O–H groups in total. The van der Waals surface area contributed by atoms with E-state index in [1.54, 1.807) is 36.4 Å². The predicted molar refractivity (Wildman–Crippen MR) is 76.8 cm³/mol. The minimum absolute atomic E-state index is 0.379. The minimum Gasteiger partial charge on any atom is -0.490 e. The Bertz CT molecular complexity index is 582. The van der Waals surface area contributed by atoms with Crippen LogP contribution in [0.4, 0.5) is 5.69 Å². The van der Waals surface area contributed by atoms with Crippen LogP contribution in [0.2, 0.25) is 0 Å². The summed E-state index contributed by atoms with van der Waals surface area (Å²) in [6.07, 6.45) is 0. The number of ether oxygens (including phenoxy) is 2. The number of hydrogen-bond acceptors (Lipinski definition) is 4. The summed E-state index contributed by atoms with van der Waals surface area (Å²) in [6.45, 7) is 0.760. The summed E-state index contributed by atoms with van der Waals surface area (Å²) in [6, 6.07) is 13.9. The molecule has 1 amide bonds. The number of anilines is 1. The Balaban J connectivity index is 1.79. The summed E-state index contributed by atoms with van der Waals surface area (Å²) < 4.78 is 11.0. The quantitative estimate of drug-likeness (QED) is 0.620. The number of rotatable bonds is 6. The third-order valence-corrected chi connectivity index (χ3v) is 2.67. The van der Waals surface area contributed by atoms with Crippen LogP contribution in [0.3, 0.4) is 0 Å². The van der Waals surface area contributed by atoms with Crippen LogP contribution in [0.1, 0.15) is 10.4 Å². The fraction of sp³-hybridized carbons (Fsp3) is 0.133. The molecule has 104 valence electrons. The van der Waals surface area contributed by atoms with Crippen molar-refractivity contribution in [2.24, 2.45) is 5.73 Å². The fourth-order valence-corrected chi connectivity index (χ4v) is 1.64. The Labute approximate surface area is 117 Å². The van der Waals surface area contributed by atoms with E-state index in [9.17, 15) is 4.79 Å². The molecule has 0 aliphatic rings. The third kappa shape index (κ3) is 3.65. The second-order valence-electron chi connectivity index (χ2n) is 4.12. The van der Waals surface area contributed by atoms with E-state index in [-0.39, 0.29) is 0 Å². The molecule has 0 bridgehead atoms. The highest BCUT2D eigenvalue weighted by atomic mass is 16.5. The van der Waals surface area contributed by atoms with Crippen molar-refractivity contribution >= 4 is 11.6 Å². The largest absolute Gasteiger partial charge is 0.490 e. The number of primary amides is 1. The van der Waals surface area contributed by atoms with Gasteiger partial charge in [0.15, 0.2) is 0 Å². The molecule has 0 radical (unpaired) electrons. The van der Waals surface area contributed by atoms with Crippen molar-refractivity contribution in [3.8, 4) is 11.5 Å². The standard InChI is InChI=1S/C15H16N2O3/c16-13-3-1-2-4-14(13)20-10-9-19-12-7-5-11(6-8-12)15(17)18/h1-8H,9-10,16H2,(H2,17,18). The van der Waals surface area contributed by atoms with E-state index in [2.05, 4.69) is 0 Å². The Hall–Kier alpha value is -2.69. The number of nitrogens with two attached hydrogens (primary N) is 2. The lowest BCUT2D eigenvalue weighted by Crippen LogP contribution is -2.11. The Morgan fingerprint density at radius 2 is 1.60 bits per heavy atom. The third-order valence-electron chi connectivity index (χ3n) is 2.67. The van der Waals surface area contributed by atoms with E-state index in [4.69, 9.17) is 20.9 Å². The van der Waals surface area contributed by atoms with E-state index >= 15 is 0 Å². The molecule has 0 aliphatic carbocycles. The number of benzene rings is 2. The molecule has 0 heterocycles. The zero-order valence-corrected chi connectivity index (χ0v) is 10.9. The topological polar surface area (TPSA) is 87.6 Å². The van der Waals surface area contributed by atoms with Crippen LogP contribution in [0.5, 0.6) is 11.5 Å². The van der Waals surface area contributed by atoms with Crippen molar-refractivity contribution in [1.29, 1.82) is 0 Å². The maximum atomic E-state index is 10.9. The second-order valence-corrected chi connectivity index (χ2v) is 4.12. The smallest absolute Gasteiger partial charge is 0.248 e. The molecule has 0 unspecified atom stereocenters. The van der Waals surface area contributed by atoms with Crippen molar-refractivity contribution in [2.45, 2.75) is 0 Å². The number of carbonyl (C=O) groups is 1. The summed E-state index contributed by atoms with van der Waals surface area (Å²) in [5.74, 6) is 0.833. The molecule has 0 saturated heterocycles. The molecular weight excluding hydrogens is 256 g/mol. The van der Waals surface area contributed by atoms with E-state index in [0.717, 1.165) is 0 Å². The van der Waals surface area contributed by atoms with Gasteiger partial charge in [-0.25, -0.2) is 0 Å². The molecule has 0 atom stereocenters. The first-order valence-corrected chi connectivity index (χ1v) is 6.17. The van der Waals surface area contributed by atoms with Crippen LogP contribution >= 0.6 is 0 Å². The van der Waals surface area contributed by atoms with Gasteiger partial charge in [-0.15, -0.1) is 0 Å². The molecule has 2 rings (SSSR count). The fourth-order valence-electron chi connectivity index (χ4n) is 1.64. The van der Waals surface area contributed by atoms with Crippen molar-refractivity contribution in [2.75, 3.05) is 18.9 Å². The average molecular weight is 272 g/mol. The normalized spacial score (nSPS) is 10.0. The lowest BCUT2D eigenvalue weighted by atomic mass is 10.2. The zero-order valence-electron chi connectivity index (χ0n) is 10.9. The molecular formula is C15H16N2O3. The maximum Gasteiger partial charge on any atom is 0.248 e. The van der Waals surface area contributed by atoms with Gasteiger partial charge < -0.3 is 20.9 Å². The van der Waals surface area contributed by atoms with Crippen molar-refractivity contribution in [1.82, 2.24) is 0 Å². The monoisotopic (exact) mass is 272 g/mol. The van der Waals surface area contributed by atoms with Gasteiger partial charge in [0.2, 0.25) is 5.91 Å². The van der Waals surface area contributed by atoms with Gasteiger partial charge in [0.1, 0.15) is 24.7 Å². The summed E-state index contributed by atoms with van der Waals surface area (Å²) in [7, 11) is 0. The van der Waals surface area contributed by atoms with Gasteiger partial charge >= 0.3 is 0 Å². The van der Waals surface area contributed by atoms with Crippen molar-refractivity contribution < 1.29 is 14.3 Å². The predicted octanol–water partition coefficient (Wildman–Crippen LogP) is 1.83. The highest BCUT2D eigenvalue weighted by molar-refractivity contribution is 5.92.